The molecule has 0 saturated carbocycles. The summed E-state index contributed by atoms with van der Waals surface area (Å²) in [5.41, 5.74) is 0.207. The van der Waals surface area contributed by atoms with Crippen molar-refractivity contribution in [3.8, 4) is 5.88 Å². The standard InChI is InChI=1S/C9H8BrF2NO3/c1-15-9(14)5-2-6(10)8(13-3-5)16-4-7(11)12/h2-3,7H,4H2,1H3. The van der Waals surface area contributed by atoms with Crippen molar-refractivity contribution in [3.05, 3.63) is 22.3 Å². The Morgan fingerprint density at radius 3 is 2.81 bits per heavy atom. The molecule has 7 heteroatoms. The molecule has 0 radical (unpaired) electrons. The van der Waals surface area contributed by atoms with Crippen molar-refractivity contribution < 1.29 is 23.0 Å². The summed E-state index contributed by atoms with van der Waals surface area (Å²) in [5, 5.41) is 0. The lowest BCUT2D eigenvalue weighted by Gasteiger charge is -2.07. The highest BCUT2D eigenvalue weighted by Gasteiger charge is 2.12. The van der Waals surface area contributed by atoms with Crippen LogP contribution >= 0.6 is 15.9 Å². The minimum absolute atomic E-state index is 0.00736. The average Bonchev–Trinajstić information content (AvgIpc) is 2.26. The average molecular weight is 296 g/mol. The fourth-order valence-corrected chi connectivity index (χ4v) is 1.37. The number of hydrogen-bond acceptors (Lipinski definition) is 4. The lowest BCUT2D eigenvalue weighted by Crippen LogP contribution is -2.09. The summed E-state index contributed by atoms with van der Waals surface area (Å²) in [7, 11) is 1.23. The zero-order valence-corrected chi connectivity index (χ0v) is 9.83. The van der Waals surface area contributed by atoms with Gasteiger partial charge in [-0.15, -0.1) is 0 Å². The molecule has 0 aliphatic rings. The molecule has 0 aliphatic carbocycles. The van der Waals surface area contributed by atoms with Crippen LogP contribution in [0, 0.1) is 0 Å². The molecule has 1 rings (SSSR count). The van der Waals surface area contributed by atoms with Gasteiger partial charge in [0.15, 0.2) is 6.61 Å². The molecule has 16 heavy (non-hydrogen) atoms. The van der Waals surface area contributed by atoms with Crippen LogP contribution in [0.5, 0.6) is 5.88 Å². The number of nitrogens with zero attached hydrogens (tertiary/aromatic N) is 1. The first-order valence-electron chi connectivity index (χ1n) is 4.19. The summed E-state index contributed by atoms with van der Waals surface area (Å²) in [6.45, 7) is -0.747. The SMILES string of the molecule is COC(=O)c1cnc(OCC(F)F)c(Br)c1. The molecule has 0 spiro atoms. The normalized spacial score (nSPS) is 10.3. The Kier molecular flexibility index (Phi) is 4.60. The highest BCUT2D eigenvalue weighted by Crippen LogP contribution is 2.23. The molecule has 0 atom stereocenters. The summed E-state index contributed by atoms with van der Waals surface area (Å²) in [4.78, 5) is 14.8. The molecule has 0 amide bonds. The molecule has 0 N–H and O–H groups in total. The van der Waals surface area contributed by atoms with Crippen molar-refractivity contribution in [1.82, 2.24) is 4.98 Å². The van der Waals surface area contributed by atoms with Gasteiger partial charge in [0, 0.05) is 6.20 Å². The first-order chi connectivity index (χ1) is 7.54. The zero-order valence-electron chi connectivity index (χ0n) is 8.25. The smallest absolute Gasteiger partial charge is 0.339 e. The van der Waals surface area contributed by atoms with Crippen LogP contribution in [0.25, 0.3) is 0 Å². The molecule has 0 unspecified atom stereocenters. The van der Waals surface area contributed by atoms with Gasteiger partial charge in [0.1, 0.15) is 0 Å². The van der Waals surface area contributed by atoms with Crippen LogP contribution in [0.4, 0.5) is 8.78 Å². The molecule has 1 aromatic heterocycles. The van der Waals surface area contributed by atoms with E-state index in [0.29, 0.717) is 4.47 Å². The second-order valence-electron chi connectivity index (χ2n) is 2.70. The van der Waals surface area contributed by atoms with Crippen LogP contribution in [0.1, 0.15) is 10.4 Å². The molecule has 4 nitrogen and oxygen atoms in total. The van der Waals surface area contributed by atoms with Crippen molar-refractivity contribution in [2.75, 3.05) is 13.7 Å². The van der Waals surface area contributed by atoms with E-state index in [9.17, 15) is 13.6 Å². The quantitative estimate of drug-likeness (QED) is 0.800. The highest BCUT2D eigenvalue weighted by atomic mass is 79.9. The number of carbonyl (C=O) groups excluding carboxylic acids is 1. The maximum atomic E-state index is 11.9. The second kappa shape index (κ2) is 5.74. The lowest BCUT2D eigenvalue weighted by molar-refractivity contribution is 0.0598. The summed E-state index contributed by atoms with van der Waals surface area (Å²) in [5.74, 6) is -0.554. The van der Waals surface area contributed by atoms with Crippen molar-refractivity contribution in [2.24, 2.45) is 0 Å². The predicted octanol–water partition coefficient (Wildman–Crippen LogP) is 2.27. The third-order valence-electron chi connectivity index (χ3n) is 1.57. The van der Waals surface area contributed by atoms with Gasteiger partial charge in [-0.05, 0) is 22.0 Å². The van der Waals surface area contributed by atoms with Crippen LogP contribution in [0.2, 0.25) is 0 Å². The number of ether oxygens (including phenoxy) is 2. The number of methoxy groups -OCH3 is 1. The molecule has 0 aromatic carbocycles. The van der Waals surface area contributed by atoms with Crippen molar-refractivity contribution in [1.29, 1.82) is 0 Å². The Morgan fingerprint density at radius 1 is 1.62 bits per heavy atom. The number of rotatable bonds is 4. The minimum Gasteiger partial charge on any atom is -0.471 e. The second-order valence-corrected chi connectivity index (χ2v) is 3.56. The van der Waals surface area contributed by atoms with Crippen LogP contribution in [0.3, 0.4) is 0 Å². The van der Waals surface area contributed by atoms with Gasteiger partial charge < -0.3 is 9.47 Å². The van der Waals surface area contributed by atoms with E-state index in [-0.39, 0.29) is 11.4 Å². The molecule has 0 fully saturated rings. The monoisotopic (exact) mass is 295 g/mol. The molecule has 1 aromatic rings. The summed E-state index contributed by atoms with van der Waals surface area (Å²) < 4.78 is 33.2. The van der Waals surface area contributed by atoms with E-state index in [4.69, 9.17) is 4.74 Å². The first-order valence-corrected chi connectivity index (χ1v) is 4.98. The van der Waals surface area contributed by atoms with E-state index in [1.165, 1.54) is 19.4 Å². The topological polar surface area (TPSA) is 48.4 Å². The van der Waals surface area contributed by atoms with E-state index in [1.807, 2.05) is 0 Å². The first kappa shape index (κ1) is 12.8. The number of hydrogen-bond donors (Lipinski definition) is 0. The van der Waals surface area contributed by atoms with Crippen LogP contribution in [-0.4, -0.2) is 31.1 Å². The van der Waals surface area contributed by atoms with Gasteiger partial charge in [0.25, 0.3) is 6.43 Å². The fraction of sp³-hybridized carbons (Fsp3) is 0.333. The van der Waals surface area contributed by atoms with Crippen molar-refractivity contribution in [3.63, 3.8) is 0 Å². The Labute approximate surface area is 98.7 Å². The lowest BCUT2D eigenvalue weighted by atomic mass is 10.3. The Balaban J connectivity index is 2.79. The molecular formula is C9H8BrF2NO3. The fourth-order valence-electron chi connectivity index (χ4n) is 0.903. The van der Waals surface area contributed by atoms with Crippen LogP contribution in [-0.2, 0) is 4.74 Å². The number of carbonyl (C=O) groups is 1. The van der Waals surface area contributed by atoms with Gasteiger partial charge in [0.2, 0.25) is 5.88 Å². The van der Waals surface area contributed by atoms with Gasteiger partial charge in [-0.1, -0.05) is 0 Å². The minimum atomic E-state index is -2.58. The predicted molar refractivity (Wildman–Crippen MR) is 54.8 cm³/mol. The van der Waals surface area contributed by atoms with E-state index in [2.05, 4.69) is 25.7 Å². The van der Waals surface area contributed by atoms with Gasteiger partial charge in [-0.25, -0.2) is 18.6 Å². The Bertz CT molecular complexity index is 387. The number of alkyl halides is 2. The van der Waals surface area contributed by atoms with Crippen LogP contribution in [0.15, 0.2) is 16.7 Å². The van der Waals surface area contributed by atoms with Gasteiger partial charge >= 0.3 is 5.97 Å². The number of pyridine rings is 1. The Morgan fingerprint density at radius 2 is 2.31 bits per heavy atom. The van der Waals surface area contributed by atoms with E-state index in [1.54, 1.807) is 0 Å². The van der Waals surface area contributed by atoms with Crippen LogP contribution < -0.4 is 4.74 Å². The Hall–Kier alpha value is -1.24. The molecule has 1 heterocycles. The van der Waals surface area contributed by atoms with Gasteiger partial charge in [0.05, 0.1) is 17.1 Å². The summed E-state index contributed by atoms with van der Waals surface area (Å²) in [6.07, 6.45) is -1.38. The maximum absolute atomic E-state index is 11.9. The third kappa shape index (κ3) is 3.41. The van der Waals surface area contributed by atoms with Crippen molar-refractivity contribution >= 4 is 21.9 Å². The molecule has 88 valence electrons. The molecule has 0 saturated heterocycles. The van der Waals surface area contributed by atoms with Gasteiger partial charge in [-0.3, -0.25) is 0 Å². The summed E-state index contributed by atoms with van der Waals surface area (Å²) in [6, 6.07) is 1.39. The molecule has 0 aliphatic heterocycles. The van der Waals surface area contributed by atoms with Crippen molar-refractivity contribution in [2.45, 2.75) is 6.43 Å². The maximum Gasteiger partial charge on any atom is 0.339 e. The van der Waals surface area contributed by atoms with Gasteiger partial charge in [-0.2, -0.15) is 0 Å². The van der Waals surface area contributed by atoms with E-state index in [0.717, 1.165) is 0 Å². The largest absolute Gasteiger partial charge is 0.471 e. The van der Waals surface area contributed by atoms with E-state index >= 15 is 0 Å². The zero-order chi connectivity index (χ0) is 12.1. The number of esters is 1. The highest BCUT2D eigenvalue weighted by molar-refractivity contribution is 9.10. The molecule has 0 bridgehead atoms. The third-order valence-corrected chi connectivity index (χ3v) is 2.14. The molecular weight excluding hydrogens is 288 g/mol. The number of halogens is 3. The summed E-state index contributed by atoms with van der Waals surface area (Å²) >= 11 is 3.05. The number of aromatic nitrogens is 1. The van der Waals surface area contributed by atoms with E-state index < -0.39 is 19.0 Å².